The van der Waals surface area contributed by atoms with E-state index in [1.54, 1.807) is 0 Å². The molecule has 0 atom stereocenters. The predicted octanol–water partition coefficient (Wildman–Crippen LogP) is -2.48. The summed E-state index contributed by atoms with van der Waals surface area (Å²) in [7, 11) is 0. The van der Waals surface area contributed by atoms with Crippen molar-refractivity contribution in [2.75, 3.05) is 0 Å². The summed E-state index contributed by atoms with van der Waals surface area (Å²) in [6, 6.07) is 0. The monoisotopic (exact) mass is 264 g/mol. The third-order valence-corrected chi connectivity index (χ3v) is 0. The molecule has 0 saturated heterocycles. The smallest absolute Gasteiger partial charge is 3.00 e. The first-order chi connectivity index (χ1) is 0. The van der Waals surface area contributed by atoms with Crippen molar-refractivity contribution in [3.63, 3.8) is 0 Å². The van der Waals surface area contributed by atoms with Crippen LogP contribution in [-0.2, 0) is 49.1 Å². The van der Waals surface area contributed by atoms with Gasteiger partial charge in [0.1, 0.15) is 0 Å². The zero-order chi connectivity index (χ0) is 0. The average molecular weight is 263 g/mol. The fraction of sp³-hybridized carbons (Fsp3) is 0. The van der Waals surface area contributed by atoms with Crippen LogP contribution in [0.15, 0.2) is 0 Å². The van der Waals surface area contributed by atoms with Crippen LogP contribution in [0.1, 0.15) is 0 Å². The number of hydrogen-bond donors (Lipinski definition) is 0. The minimum atomic E-state index is 0. The van der Waals surface area contributed by atoms with Crippen LogP contribution in [-0.4, -0.2) is 39.9 Å². The van der Waals surface area contributed by atoms with Gasteiger partial charge in [0.2, 0.25) is 0 Å². The van der Waals surface area contributed by atoms with E-state index in [0.717, 1.165) is 0 Å². The molecule has 0 aromatic heterocycles. The van der Waals surface area contributed by atoms with Crippen molar-refractivity contribution in [2.24, 2.45) is 0 Å². The van der Waals surface area contributed by atoms with Gasteiger partial charge in [-0.25, -0.2) is 0 Å². The average Bonchev–Trinajstić information content (AvgIpc) is 0. The van der Waals surface area contributed by atoms with Crippen LogP contribution >= 0.6 is 0 Å². The molecule has 0 unspecified atom stereocenters. The quantitative estimate of drug-likeness (QED) is 0.430. The molecular formula is H4AlO4SeY. The van der Waals surface area contributed by atoms with Crippen molar-refractivity contribution in [1.82, 2.24) is 0 Å². The van der Waals surface area contributed by atoms with Gasteiger partial charge in [-0.15, -0.1) is 0 Å². The van der Waals surface area contributed by atoms with Crippen molar-refractivity contribution in [1.29, 1.82) is 0 Å². The minimum Gasteiger partial charge on any atom is 3.00 e. The Kier molecular flexibility index (Phi) is 2030. The Bertz CT molecular complexity index is 11.7. The second-order valence-corrected chi connectivity index (χ2v) is 0. The standard InChI is InChI=1S/Al.H2O.3O.H2Se.Y/h;1H2;;;;1H2;/q+3;;3*-2;;+3. The second-order valence-electron chi connectivity index (χ2n) is 0. The molecule has 0 bridgehead atoms. The third kappa shape index (κ3) is 72.2. The maximum absolute atomic E-state index is 0. The Labute approximate surface area is 88.1 Å². The largest absolute Gasteiger partial charge is 3.00 e. The maximum Gasteiger partial charge on any atom is 3.00 e. The van der Waals surface area contributed by atoms with Crippen LogP contribution in [0.3, 0.4) is 0 Å². The van der Waals surface area contributed by atoms with E-state index in [1.807, 2.05) is 0 Å². The van der Waals surface area contributed by atoms with E-state index in [-0.39, 0.29) is 89.0 Å². The molecule has 40 valence electrons. The van der Waals surface area contributed by atoms with Gasteiger partial charge < -0.3 is 21.9 Å². The molecule has 0 radical (unpaired) electrons. The van der Waals surface area contributed by atoms with Gasteiger partial charge in [0.25, 0.3) is 0 Å². The molecule has 7 heavy (non-hydrogen) atoms. The van der Waals surface area contributed by atoms with Gasteiger partial charge in [-0.1, -0.05) is 0 Å². The van der Waals surface area contributed by atoms with Crippen LogP contribution in [0.2, 0.25) is 0 Å². The molecule has 0 fully saturated rings. The molecule has 0 aromatic rings. The van der Waals surface area contributed by atoms with Crippen molar-refractivity contribution < 1.29 is 54.6 Å². The first-order valence-corrected chi connectivity index (χ1v) is 0. The molecular weight excluding hydrogens is 259 g/mol. The van der Waals surface area contributed by atoms with Gasteiger partial charge in [0.15, 0.2) is 0 Å². The molecule has 2 N–H and O–H groups in total. The molecule has 0 rings (SSSR count). The maximum atomic E-state index is 0. The predicted molar refractivity (Wildman–Crippen MR) is 20.0 cm³/mol. The van der Waals surface area contributed by atoms with Gasteiger partial charge in [-0.3, -0.25) is 0 Å². The fourth-order valence-electron chi connectivity index (χ4n) is 0. The molecule has 4 nitrogen and oxygen atoms in total. The molecule has 0 heterocycles. The normalized spacial score (nSPS) is 0. The molecule has 0 spiro atoms. The molecule has 7 heteroatoms. The molecule has 0 saturated carbocycles. The second kappa shape index (κ2) is 98.2. The zero-order valence-corrected chi connectivity index (χ0v) is 9.47. The van der Waals surface area contributed by atoms with Crippen molar-refractivity contribution in [3.8, 4) is 0 Å². The van der Waals surface area contributed by atoms with E-state index in [1.165, 1.54) is 0 Å². The fourth-order valence-corrected chi connectivity index (χ4v) is 0. The molecule has 0 aromatic carbocycles. The number of hydrogen-bond acceptors (Lipinski definition) is 0. The number of rotatable bonds is 0. The van der Waals surface area contributed by atoms with E-state index in [0.29, 0.717) is 0 Å². The van der Waals surface area contributed by atoms with Gasteiger partial charge in [-0.2, -0.15) is 0 Å². The summed E-state index contributed by atoms with van der Waals surface area (Å²) in [5.74, 6) is 0. The van der Waals surface area contributed by atoms with E-state index in [2.05, 4.69) is 0 Å². The Morgan fingerprint density at radius 3 is 0.714 bits per heavy atom. The summed E-state index contributed by atoms with van der Waals surface area (Å²) < 4.78 is 0. The molecule has 0 aliphatic carbocycles. The van der Waals surface area contributed by atoms with Crippen molar-refractivity contribution in [3.05, 3.63) is 0 Å². The van der Waals surface area contributed by atoms with Gasteiger partial charge in [0, 0.05) is 0 Å². The SMILES string of the molecule is O.[Al+3].[O-2].[O-2].[O-2].[SeH2].[Y+3]. The molecule has 0 aliphatic rings. The third-order valence-electron chi connectivity index (χ3n) is 0. The molecule has 0 aliphatic heterocycles. The summed E-state index contributed by atoms with van der Waals surface area (Å²) in [4.78, 5) is 0. The van der Waals surface area contributed by atoms with Crippen LogP contribution < -0.4 is 0 Å². The van der Waals surface area contributed by atoms with Gasteiger partial charge in [0.05, 0.1) is 0 Å². The van der Waals surface area contributed by atoms with E-state index >= 15 is 0 Å². The first-order valence-electron chi connectivity index (χ1n) is 0. The summed E-state index contributed by atoms with van der Waals surface area (Å²) in [5.41, 5.74) is 0. The summed E-state index contributed by atoms with van der Waals surface area (Å²) in [5, 5.41) is 0. The Morgan fingerprint density at radius 2 is 0.714 bits per heavy atom. The van der Waals surface area contributed by atoms with E-state index in [4.69, 9.17) is 0 Å². The Balaban J connectivity index is 0. The van der Waals surface area contributed by atoms with Crippen LogP contribution in [0.5, 0.6) is 0 Å². The van der Waals surface area contributed by atoms with Crippen molar-refractivity contribution >= 4 is 34.4 Å². The summed E-state index contributed by atoms with van der Waals surface area (Å²) in [6.45, 7) is 0. The Hall–Kier alpha value is 2.00. The summed E-state index contributed by atoms with van der Waals surface area (Å²) in [6.07, 6.45) is 0. The molecule has 0 amide bonds. The first kappa shape index (κ1) is 144. The van der Waals surface area contributed by atoms with Gasteiger partial charge in [-0.05, 0) is 0 Å². The van der Waals surface area contributed by atoms with E-state index in [9.17, 15) is 0 Å². The van der Waals surface area contributed by atoms with Crippen LogP contribution in [0.25, 0.3) is 0 Å². The summed E-state index contributed by atoms with van der Waals surface area (Å²) >= 11 is 0. The van der Waals surface area contributed by atoms with Gasteiger partial charge >= 0.3 is 67.1 Å². The topological polar surface area (TPSA) is 117 Å². The van der Waals surface area contributed by atoms with E-state index < -0.39 is 0 Å². The minimum absolute atomic E-state index is 0. The van der Waals surface area contributed by atoms with Crippen LogP contribution in [0, 0.1) is 0 Å². The van der Waals surface area contributed by atoms with Crippen LogP contribution in [0.4, 0.5) is 0 Å². The van der Waals surface area contributed by atoms with Crippen molar-refractivity contribution in [2.45, 2.75) is 0 Å². The Morgan fingerprint density at radius 1 is 0.714 bits per heavy atom. The zero-order valence-electron chi connectivity index (χ0n) is 3.38.